The first-order valence-electron chi connectivity index (χ1n) is 10.3. The number of hydrogen-bond donors (Lipinski definition) is 3. The highest BCUT2D eigenvalue weighted by Gasteiger charge is 2.37. The number of carbonyl (C=O) groups is 2. The number of nitrogens with zero attached hydrogens (tertiary/aromatic N) is 1. The van der Waals surface area contributed by atoms with Crippen LogP contribution in [0.1, 0.15) is 36.0 Å². The number of carboxylic acids is 1. The van der Waals surface area contributed by atoms with E-state index in [2.05, 4.69) is 15.5 Å². The summed E-state index contributed by atoms with van der Waals surface area (Å²) in [5, 5.41) is 15.6. The van der Waals surface area contributed by atoms with Gasteiger partial charge in [0, 0.05) is 35.6 Å². The molecule has 0 aromatic heterocycles. The van der Waals surface area contributed by atoms with Gasteiger partial charge in [-0.2, -0.15) is 0 Å². The second-order valence-electron chi connectivity index (χ2n) is 8.13. The van der Waals surface area contributed by atoms with Gasteiger partial charge in [-0.1, -0.05) is 24.3 Å². The van der Waals surface area contributed by atoms with E-state index in [9.17, 15) is 9.59 Å². The van der Waals surface area contributed by atoms with E-state index in [0.29, 0.717) is 11.5 Å². The van der Waals surface area contributed by atoms with Gasteiger partial charge in [0.1, 0.15) is 0 Å². The molecular weight excluding hydrogens is 366 g/mol. The first-order chi connectivity index (χ1) is 14.1. The standard InChI is InChI=1S/C23H27N3O3/c27-22(28)15-26(14-16-9-10-16)21-12-20(13-21)25-23(29)17-5-4-8-19(11-17)24-18-6-2-1-3-7-18/h1-8,11,16,20-21,24H,9-10,12-15H2,(H,25,29)(H,27,28). The lowest BCUT2D eigenvalue weighted by atomic mass is 9.85. The quantitative estimate of drug-likeness (QED) is 0.608. The minimum atomic E-state index is -0.777. The van der Waals surface area contributed by atoms with Crippen LogP contribution >= 0.6 is 0 Å². The molecule has 0 atom stereocenters. The summed E-state index contributed by atoms with van der Waals surface area (Å²) >= 11 is 0. The van der Waals surface area contributed by atoms with Crippen molar-refractivity contribution in [3.8, 4) is 0 Å². The molecule has 2 fully saturated rings. The van der Waals surface area contributed by atoms with E-state index >= 15 is 0 Å². The average molecular weight is 393 g/mol. The third kappa shape index (κ3) is 5.35. The third-order valence-electron chi connectivity index (χ3n) is 5.68. The van der Waals surface area contributed by atoms with Crippen LogP contribution in [0.5, 0.6) is 0 Å². The molecule has 0 radical (unpaired) electrons. The monoisotopic (exact) mass is 393 g/mol. The van der Waals surface area contributed by atoms with Crippen molar-refractivity contribution in [3.63, 3.8) is 0 Å². The van der Waals surface area contributed by atoms with Gasteiger partial charge in [0.25, 0.3) is 5.91 Å². The van der Waals surface area contributed by atoms with Crippen molar-refractivity contribution in [3.05, 3.63) is 60.2 Å². The van der Waals surface area contributed by atoms with Crippen LogP contribution in [0, 0.1) is 5.92 Å². The molecule has 2 aliphatic rings. The highest BCUT2D eigenvalue weighted by Crippen LogP contribution is 2.33. The molecule has 2 aromatic rings. The Morgan fingerprint density at radius 3 is 2.41 bits per heavy atom. The number of carboxylic acid groups (broad SMARTS) is 1. The summed E-state index contributed by atoms with van der Waals surface area (Å²) in [4.78, 5) is 25.9. The van der Waals surface area contributed by atoms with Crippen molar-refractivity contribution in [2.45, 2.75) is 37.8 Å². The summed E-state index contributed by atoms with van der Waals surface area (Å²) in [5.41, 5.74) is 2.46. The predicted octanol–water partition coefficient (Wildman–Crippen LogP) is 3.49. The fourth-order valence-corrected chi connectivity index (χ4v) is 3.85. The minimum absolute atomic E-state index is 0.0860. The second-order valence-corrected chi connectivity index (χ2v) is 8.13. The van der Waals surface area contributed by atoms with Crippen molar-refractivity contribution in [1.82, 2.24) is 10.2 Å². The van der Waals surface area contributed by atoms with Gasteiger partial charge in [-0.25, -0.2) is 0 Å². The van der Waals surface area contributed by atoms with Crippen molar-refractivity contribution >= 4 is 23.3 Å². The van der Waals surface area contributed by atoms with Crippen LogP contribution in [0.4, 0.5) is 11.4 Å². The SMILES string of the molecule is O=C(O)CN(CC1CC1)C1CC(NC(=O)c2cccc(Nc3ccccc3)c2)C1. The minimum Gasteiger partial charge on any atom is -0.480 e. The fourth-order valence-electron chi connectivity index (χ4n) is 3.85. The van der Waals surface area contributed by atoms with Gasteiger partial charge in [0.15, 0.2) is 0 Å². The van der Waals surface area contributed by atoms with Crippen LogP contribution in [-0.4, -0.2) is 47.1 Å². The first-order valence-corrected chi connectivity index (χ1v) is 10.3. The van der Waals surface area contributed by atoms with Crippen molar-refractivity contribution < 1.29 is 14.7 Å². The Morgan fingerprint density at radius 2 is 1.72 bits per heavy atom. The van der Waals surface area contributed by atoms with Gasteiger partial charge in [-0.15, -0.1) is 0 Å². The zero-order valence-corrected chi connectivity index (χ0v) is 16.4. The van der Waals surface area contributed by atoms with Gasteiger partial charge < -0.3 is 15.7 Å². The molecule has 2 aliphatic carbocycles. The van der Waals surface area contributed by atoms with Crippen LogP contribution in [0.3, 0.4) is 0 Å². The topological polar surface area (TPSA) is 81.7 Å². The Hall–Kier alpha value is -2.86. The van der Waals surface area contributed by atoms with E-state index in [1.165, 1.54) is 12.8 Å². The molecule has 152 valence electrons. The largest absolute Gasteiger partial charge is 0.480 e. The molecule has 2 aromatic carbocycles. The second kappa shape index (κ2) is 8.66. The van der Waals surface area contributed by atoms with Gasteiger partial charge in [-0.3, -0.25) is 14.5 Å². The average Bonchev–Trinajstić information content (AvgIpc) is 3.48. The molecule has 2 saturated carbocycles. The molecule has 3 N–H and O–H groups in total. The maximum Gasteiger partial charge on any atom is 0.317 e. The number of rotatable bonds is 9. The summed E-state index contributed by atoms with van der Waals surface area (Å²) in [6.07, 6.45) is 4.04. The number of aliphatic carboxylic acids is 1. The summed E-state index contributed by atoms with van der Waals surface area (Å²) in [5.74, 6) is -0.208. The number of benzene rings is 2. The normalized spacial score (nSPS) is 20.7. The van der Waals surface area contributed by atoms with Gasteiger partial charge in [-0.05, 0) is 61.9 Å². The molecule has 0 aliphatic heterocycles. The number of hydrogen-bond acceptors (Lipinski definition) is 4. The van der Waals surface area contributed by atoms with E-state index in [1.54, 1.807) is 0 Å². The lowest BCUT2D eigenvalue weighted by molar-refractivity contribution is -0.139. The molecule has 0 bridgehead atoms. The molecular formula is C23H27N3O3. The molecule has 0 heterocycles. The molecule has 6 heteroatoms. The lowest BCUT2D eigenvalue weighted by Crippen LogP contribution is -2.55. The highest BCUT2D eigenvalue weighted by molar-refractivity contribution is 5.95. The van der Waals surface area contributed by atoms with E-state index < -0.39 is 5.97 Å². The Labute approximate surface area is 170 Å². The number of anilines is 2. The Morgan fingerprint density at radius 1 is 1.00 bits per heavy atom. The Kier molecular flexibility index (Phi) is 5.81. The van der Waals surface area contributed by atoms with Crippen LogP contribution < -0.4 is 10.6 Å². The van der Waals surface area contributed by atoms with Gasteiger partial charge >= 0.3 is 5.97 Å². The van der Waals surface area contributed by atoms with E-state index in [4.69, 9.17) is 5.11 Å². The smallest absolute Gasteiger partial charge is 0.317 e. The van der Waals surface area contributed by atoms with Gasteiger partial charge in [0.05, 0.1) is 6.54 Å². The summed E-state index contributed by atoms with van der Waals surface area (Å²) in [7, 11) is 0. The van der Waals surface area contributed by atoms with E-state index in [0.717, 1.165) is 30.8 Å². The molecule has 6 nitrogen and oxygen atoms in total. The Balaban J connectivity index is 1.30. The number of amides is 1. The van der Waals surface area contributed by atoms with Crippen LogP contribution in [0.15, 0.2) is 54.6 Å². The lowest BCUT2D eigenvalue weighted by Gasteiger charge is -2.42. The molecule has 0 saturated heterocycles. The third-order valence-corrected chi connectivity index (χ3v) is 5.68. The molecule has 4 rings (SSSR count). The van der Waals surface area contributed by atoms with Crippen LogP contribution in [0.2, 0.25) is 0 Å². The molecule has 0 spiro atoms. The van der Waals surface area contributed by atoms with Gasteiger partial charge in [0.2, 0.25) is 0 Å². The maximum atomic E-state index is 12.6. The van der Waals surface area contributed by atoms with Crippen LogP contribution in [0.25, 0.3) is 0 Å². The summed E-state index contributed by atoms with van der Waals surface area (Å²) in [6.45, 7) is 0.958. The molecule has 29 heavy (non-hydrogen) atoms. The van der Waals surface area contributed by atoms with Crippen LogP contribution in [-0.2, 0) is 4.79 Å². The zero-order chi connectivity index (χ0) is 20.2. The Bertz CT molecular complexity index is 861. The molecule has 1 amide bonds. The van der Waals surface area contributed by atoms with Crippen molar-refractivity contribution in [2.75, 3.05) is 18.4 Å². The van der Waals surface area contributed by atoms with E-state index in [1.807, 2.05) is 54.6 Å². The predicted molar refractivity (Wildman–Crippen MR) is 112 cm³/mol. The summed E-state index contributed by atoms with van der Waals surface area (Å²) < 4.78 is 0. The molecule has 0 unspecified atom stereocenters. The number of para-hydroxylation sites is 1. The number of carbonyl (C=O) groups excluding carboxylic acids is 1. The zero-order valence-electron chi connectivity index (χ0n) is 16.4. The van der Waals surface area contributed by atoms with E-state index in [-0.39, 0.29) is 24.5 Å². The maximum absolute atomic E-state index is 12.6. The fraction of sp³-hybridized carbons (Fsp3) is 0.391. The van der Waals surface area contributed by atoms with Crippen molar-refractivity contribution in [1.29, 1.82) is 0 Å². The summed E-state index contributed by atoms with van der Waals surface area (Å²) in [6, 6.07) is 17.7. The van der Waals surface area contributed by atoms with Crippen molar-refractivity contribution in [2.24, 2.45) is 5.92 Å². The number of nitrogens with one attached hydrogen (secondary N) is 2. The first kappa shape index (κ1) is 19.5. The highest BCUT2D eigenvalue weighted by atomic mass is 16.4.